The molecule has 1 atom stereocenters. The van der Waals surface area contributed by atoms with E-state index in [4.69, 9.17) is 11.6 Å². The number of fused-ring (bicyclic) bond motifs is 1. The average Bonchev–Trinajstić information content (AvgIpc) is 2.78. The highest BCUT2D eigenvalue weighted by Crippen LogP contribution is 2.27. The molecule has 0 saturated heterocycles. The normalized spacial score (nSPS) is 12.2. The molecule has 2 aromatic rings. The highest BCUT2D eigenvalue weighted by atomic mass is 35.5. The maximum absolute atomic E-state index is 11.5. The Hall–Kier alpha value is -1.66. The third-order valence-electron chi connectivity index (χ3n) is 2.40. The number of carbonyl (C=O) groups is 2. The Labute approximate surface area is 118 Å². The van der Waals surface area contributed by atoms with Gasteiger partial charge in [-0.25, -0.2) is 9.78 Å². The predicted octanol–water partition coefficient (Wildman–Crippen LogP) is 2.65. The van der Waals surface area contributed by atoms with Gasteiger partial charge in [0.05, 0.1) is 22.9 Å². The van der Waals surface area contributed by atoms with Crippen molar-refractivity contribution in [3.63, 3.8) is 0 Å². The van der Waals surface area contributed by atoms with Crippen LogP contribution in [0.2, 0.25) is 0 Å². The van der Waals surface area contributed by atoms with Gasteiger partial charge in [0.25, 0.3) is 0 Å². The second-order valence-electron chi connectivity index (χ2n) is 3.80. The van der Waals surface area contributed by atoms with Gasteiger partial charge in [-0.05, 0) is 25.1 Å². The molecule has 0 bridgehead atoms. The summed E-state index contributed by atoms with van der Waals surface area (Å²) in [6.45, 7) is 1.58. The summed E-state index contributed by atoms with van der Waals surface area (Å²) in [5.41, 5.74) is 1.15. The van der Waals surface area contributed by atoms with E-state index in [0.29, 0.717) is 16.2 Å². The number of hydrogen-bond acceptors (Lipinski definition) is 5. The molecular weight excluding hydrogens is 288 g/mol. The van der Waals surface area contributed by atoms with E-state index >= 15 is 0 Å². The molecule has 0 aliphatic carbocycles. The number of nitrogens with zero attached hydrogens (tertiary/aromatic N) is 1. The molecule has 100 valence electrons. The molecule has 1 aromatic heterocycles. The third-order valence-corrected chi connectivity index (χ3v) is 3.53. The van der Waals surface area contributed by atoms with Crippen molar-refractivity contribution in [2.75, 3.05) is 12.4 Å². The molecule has 1 amide bonds. The molecule has 0 fully saturated rings. The molecule has 1 aromatic carbocycles. The lowest BCUT2D eigenvalue weighted by molar-refractivity contribution is -0.115. The molecule has 1 heterocycles. The summed E-state index contributed by atoms with van der Waals surface area (Å²) in [6.07, 6.45) is 0. The number of carbonyl (C=O) groups excluding carboxylic acids is 2. The standard InChI is InChI=1S/C12H11ClN2O3S/c1-6(13)10(16)15-12-14-8-4-3-7(11(17)18-2)5-9(8)19-12/h3-6H,1-2H3,(H,14,15,16). The lowest BCUT2D eigenvalue weighted by Crippen LogP contribution is -2.19. The van der Waals surface area contributed by atoms with Crippen LogP contribution in [-0.4, -0.2) is 29.3 Å². The summed E-state index contributed by atoms with van der Waals surface area (Å²) >= 11 is 6.94. The number of esters is 1. The van der Waals surface area contributed by atoms with Gasteiger partial charge in [0, 0.05) is 0 Å². The maximum Gasteiger partial charge on any atom is 0.337 e. The Bertz CT molecular complexity index is 639. The Balaban J connectivity index is 2.30. The summed E-state index contributed by atoms with van der Waals surface area (Å²) in [5.74, 6) is -0.718. The minimum Gasteiger partial charge on any atom is -0.465 e. The number of rotatable bonds is 3. The molecule has 0 saturated carbocycles. The first-order valence-electron chi connectivity index (χ1n) is 5.45. The number of ether oxygens (including phenoxy) is 1. The lowest BCUT2D eigenvalue weighted by atomic mass is 10.2. The Kier molecular flexibility index (Phi) is 4.01. The number of methoxy groups -OCH3 is 1. The van der Waals surface area contributed by atoms with Gasteiger partial charge in [-0.1, -0.05) is 11.3 Å². The average molecular weight is 299 g/mol. The topological polar surface area (TPSA) is 68.3 Å². The minimum atomic E-state index is -0.627. The van der Waals surface area contributed by atoms with Crippen LogP contribution in [0.25, 0.3) is 10.2 Å². The molecule has 19 heavy (non-hydrogen) atoms. The highest BCUT2D eigenvalue weighted by Gasteiger charge is 2.13. The first-order valence-corrected chi connectivity index (χ1v) is 6.70. The number of anilines is 1. The SMILES string of the molecule is COC(=O)c1ccc2nc(NC(=O)C(C)Cl)sc2c1. The molecule has 1 unspecified atom stereocenters. The van der Waals surface area contributed by atoms with E-state index in [1.165, 1.54) is 18.4 Å². The van der Waals surface area contributed by atoms with E-state index in [-0.39, 0.29) is 5.91 Å². The van der Waals surface area contributed by atoms with Crippen molar-refractivity contribution in [1.82, 2.24) is 4.98 Å². The molecule has 7 heteroatoms. The minimum absolute atomic E-state index is 0.311. The van der Waals surface area contributed by atoms with Gasteiger partial charge in [-0.15, -0.1) is 11.6 Å². The molecule has 2 rings (SSSR count). The maximum atomic E-state index is 11.5. The first-order chi connectivity index (χ1) is 9.01. The Morgan fingerprint density at radius 2 is 2.21 bits per heavy atom. The van der Waals surface area contributed by atoms with E-state index in [1.807, 2.05) is 0 Å². The van der Waals surface area contributed by atoms with Crippen LogP contribution in [0.3, 0.4) is 0 Å². The Morgan fingerprint density at radius 1 is 1.47 bits per heavy atom. The zero-order valence-corrected chi connectivity index (χ0v) is 11.8. The van der Waals surface area contributed by atoms with Gasteiger partial charge in [0.1, 0.15) is 5.38 Å². The van der Waals surface area contributed by atoms with Crippen LogP contribution < -0.4 is 5.32 Å². The number of aromatic nitrogens is 1. The van der Waals surface area contributed by atoms with E-state index < -0.39 is 11.3 Å². The van der Waals surface area contributed by atoms with Crippen molar-refractivity contribution in [2.45, 2.75) is 12.3 Å². The summed E-state index contributed by atoms with van der Waals surface area (Å²) in [5, 5.41) is 2.44. The zero-order valence-electron chi connectivity index (χ0n) is 10.3. The van der Waals surface area contributed by atoms with Crippen molar-refractivity contribution in [3.8, 4) is 0 Å². The molecular formula is C12H11ClN2O3S. The summed E-state index contributed by atoms with van der Waals surface area (Å²) in [6, 6.07) is 5.01. The number of amides is 1. The molecule has 0 radical (unpaired) electrons. The van der Waals surface area contributed by atoms with Gasteiger partial charge in [-0.3, -0.25) is 4.79 Å². The van der Waals surface area contributed by atoms with E-state index in [2.05, 4.69) is 15.0 Å². The van der Waals surface area contributed by atoms with Crippen LogP contribution >= 0.6 is 22.9 Å². The van der Waals surface area contributed by atoms with E-state index in [1.54, 1.807) is 25.1 Å². The Morgan fingerprint density at radius 3 is 2.84 bits per heavy atom. The van der Waals surface area contributed by atoms with Crippen LogP contribution in [0.5, 0.6) is 0 Å². The van der Waals surface area contributed by atoms with Crippen molar-refractivity contribution >= 4 is 50.2 Å². The molecule has 5 nitrogen and oxygen atoms in total. The van der Waals surface area contributed by atoms with Crippen LogP contribution in [0.15, 0.2) is 18.2 Å². The van der Waals surface area contributed by atoms with Gasteiger partial charge < -0.3 is 10.1 Å². The number of thiazole rings is 1. The number of nitrogens with one attached hydrogen (secondary N) is 1. The van der Waals surface area contributed by atoms with Crippen molar-refractivity contribution in [3.05, 3.63) is 23.8 Å². The number of hydrogen-bond donors (Lipinski definition) is 1. The second-order valence-corrected chi connectivity index (χ2v) is 5.48. The van der Waals surface area contributed by atoms with Crippen LogP contribution in [0.1, 0.15) is 17.3 Å². The van der Waals surface area contributed by atoms with E-state index in [0.717, 1.165) is 4.70 Å². The lowest BCUT2D eigenvalue weighted by Gasteiger charge is -2.01. The zero-order chi connectivity index (χ0) is 14.0. The number of alkyl halides is 1. The number of benzene rings is 1. The third kappa shape index (κ3) is 3.02. The fraction of sp³-hybridized carbons (Fsp3) is 0.250. The summed E-state index contributed by atoms with van der Waals surface area (Å²) < 4.78 is 5.44. The smallest absolute Gasteiger partial charge is 0.337 e. The second kappa shape index (κ2) is 5.54. The fourth-order valence-electron chi connectivity index (χ4n) is 1.43. The van der Waals surface area contributed by atoms with Gasteiger partial charge in [-0.2, -0.15) is 0 Å². The van der Waals surface area contributed by atoms with Crippen molar-refractivity contribution in [1.29, 1.82) is 0 Å². The van der Waals surface area contributed by atoms with Crippen LogP contribution in [0, 0.1) is 0 Å². The van der Waals surface area contributed by atoms with Crippen LogP contribution in [-0.2, 0) is 9.53 Å². The summed E-state index contributed by atoms with van der Waals surface area (Å²) in [7, 11) is 1.33. The number of halogens is 1. The monoisotopic (exact) mass is 298 g/mol. The van der Waals surface area contributed by atoms with Crippen LogP contribution in [0.4, 0.5) is 5.13 Å². The van der Waals surface area contributed by atoms with Gasteiger partial charge in [0.2, 0.25) is 5.91 Å². The van der Waals surface area contributed by atoms with Gasteiger partial charge in [0.15, 0.2) is 5.13 Å². The first kappa shape index (κ1) is 13.8. The largest absolute Gasteiger partial charge is 0.465 e. The molecule has 1 N–H and O–H groups in total. The summed E-state index contributed by atoms with van der Waals surface area (Å²) in [4.78, 5) is 27.1. The molecule has 0 spiro atoms. The van der Waals surface area contributed by atoms with Crippen molar-refractivity contribution < 1.29 is 14.3 Å². The molecule has 0 aliphatic heterocycles. The fourth-order valence-corrected chi connectivity index (χ4v) is 2.39. The van der Waals surface area contributed by atoms with Crippen molar-refractivity contribution in [2.24, 2.45) is 0 Å². The van der Waals surface area contributed by atoms with Gasteiger partial charge >= 0.3 is 5.97 Å². The molecule has 0 aliphatic rings. The quantitative estimate of drug-likeness (QED) is 0.699. The predicted molar refractivity (Wildman–Crippen MR) is 74.9 cm³/mol. The van der Waals surface area contributed by atoms with E-state index in [9.17, 15) is 9.59 Å². The highest BCUT2D eigenvalue weighted by molar-refractivity contribution is 7.22.